The third kappa shape index (κ3) is 3.01. The summed E-state index contributed by atoms with van der Waals surface area (Å²) in [6.07, 6.45) is 3.94. The number of nitrogens with zero attached hydrogens (tertiary/aromatic N) is 1. The van der Waals surface area contributed by atoms with Crippen LogP contribution in [0.15, 0.2) is 36.4 Å². The fourth-order valence-corrected chi connectivity index (χ4v) is 3.55. The topological polar surface area (TPSA) is 33.1 Å². The summed E-state index contributed by atoms with van der Waals surface area (Å²) in [6, 6.07) is 12.7. The normalized spacial score (nSPS) is 19.1. The van der Waals surface area contributed by atoms with Crippen LogP contribution in [0.3, 0.4) is 0 Å². The quantitative estimate of drug-likeness (QED) is 0.912. The van der Waals surface area contributed by atoms with Crippen molar-refractivity contribution in [1.29, 1.82) is 0 Å². The van der Waals surface area contributed by atoms with E-state index in [1.165, 1.54) is 30.4 Å². The molecule has 2 aromatic rings. The number of pyridine rings is 1. The van der Waals surface area contributed by atoms with Gasteiger partial charge in [-0.25, -0.2) is 0 Å². The maximum atomic E-state index is 10.6. The van der Waals surface area contributed by atoms with Crippen LogP contribution in [0.1, 0.15) is 59.4 Å². The summed E-state index contributed by atoms with van der Waals surface area (Å²) in [6.45, 7) is 3.97. The van der Waals surface area contributed by atoms with Crippen molar-refractivity contribution in [3.63, 3.8) is 0 Å². The van der Waals surface area contributed by atoms with E-state index in [4.69, 9.17) is 0 Å². The molecule has 1 aliphatic carbocycles. The Hall–Kier alpha value is -1.67. The second-order valence-corrected chi connectivity index (χ2v) is 6.17. The molecule has 0 bridgehead atoms. The van der Waals surface area contributed by atoms with Crippen LogP contribution >= 0.6 is 0 Å². The van der Waals surface area contributed by atoms with Crippen molar-refractivity contribution < 1.29 is 5.11 Å². The first-order chi connectivity index (χ1) is 10.1. The highest BCUT2D eigenvalue weighted by Crippen LogP contribution is 2.37. The van der Waals surface area contributed by atoms with Crippen molar-refractivity contribution in [1.82, 2.24) is 4.98 Å². The van der Waals surface area contributed by atoms with Crippen molar-refractivity contribution >= 4 is 0 Å². The van der Waals surface area contributed by atoms with E-state index in [1.807, 2.05) is 26.0 Å². The molecule has 1 aromatic carbocycles. The van der Waals surface area contributed by atoms with E-state index in [2.05, 4.69) is 29.2 Å². The Morgan fingerprint density at radius 1 is 1.19 bits per heavy atom. The molecule has 2 heteroatoms. The Labute approximate surface area is 126 Å². The summed E-state index contributed by atoms with van der Waals surface area (Å²) in [4.78, 5) is 4.47. The molecule has 21 heavy (non-hydrogen) atoms. The van der Waals surface area contributed by atoms with Crippen LogP contribution in [-0.4, -0.2) is 10.1 Å². The zero-order valence-corrected chi connectivity index (χ0v) is 12.8. The van der Waals surface area contributed by atoms with Gasteiger partial charge in [-0.3, -0.25) is 4.98 Å². The standard InChI is InChI=1S/C19H23NO/c1-13-10-11-17(14(2)20-13)19(21)12-16-8-5-7-15-6-3-4-9-18(15)16/h3-4,6,9-11,16,19,21H,5,7-8,12H2,1-2H3. The number of rotatable bonds is 3. The fourth-order valence-electron chi connectivity index (χ4n) is 3.55. The molecule has 2 unspecified atom stereocenters. The molecule has 0 spiro atoms. The van der Waals surface area contributed by atoms with Gasteiger partial charge in [0.25, 0.3) is 0 Å². The molecule has 2 atom stereocenters. The molecule has 0 aliphatic heterocycles. The summed E-state index contributed by atoms with van der Waals surface area (Å²) in [5.74, 6) is 0.464. The molecule has 110 valence electrons. The third-order valence-electron chi connectivity index (χ3n) is 4.63. The van der Waals surface area contributed by atoms with E-state index in [9.17, 15) is 5.11 Å². The Morgan fingerprint density at radius 2 is 2.00 bits per heavy atom. The second kappa shape index (κ2) is 5.98. The van der Waals surface area contributed by atoms with E-state index < -0.39 is 6.10 Å². The maximum Gasteiger partial charge on any atom is 0.0813 e. The minimum atomic E-state index is -0.422. The van der Waals surface area contributed by atoms with Gasteiger partial charge in [-0.05, 0) is 62.6 Å². The summed E-state index contributed by atoms with van der Waals surface area (Å²) < 4.78 is 0. The highest BCUT2D eigenvalue weighted by Gasteiger charge is 2.23. The fraction of sp³-hybridized carbons (Fsp3) is 0.421. The molecule has 0 fully saturated rings. The molecule has 1 aromatic heterocycles. The number of aryl methyl sites for hydroxylation is 3. The van der Waals surface area contributed by atoms with Crippen LogP contribution in [0.5, 0.6) is 0 Å². The largest absolute Gasteiger partial charge is 0.388 e. The van der Waals surface area contributed by atoms with Crippen LogP contribution in [0.25, 0.3) is 0 Å². The molecule has 1 N–H and O–H groups in total. The molecule has 3 rings (SSSR count). The van der Waals surface area contributed by atoms with Gasteiger partial charge in [-0.2, -0.15) is 0 Å². The molecule has 0 saturated carbocycles. The lowest BCUT2D eigenvalue weighted by Crippen LogP contribution is -2.14. The van der Waals surface area contributed by atoms with Crippen LogP contribution < -0.4 is 0 Å². The molecule has 1 aliphatic rings. The minimum Gasteiger partial charge on any atom is -0.388 e. The van der Waals surface area contributed by atoms with Crippen molar-refractivity contribution in [2.45, 2.75) is 51.6 Å². The smallest absolute Gasteiger partial charge is 0.0813 e. The van der Waals surface area contributed by atoms with Gasteiger partial charge in [0.2, 0.25) is 0 Å². The van der Waals surface area contributed by atoms with Crippen molar-refractivity contribution in [2.75, 3.05) is 0 Å². The molecular weight excluding hydrogens is 258 g/mol. The molecule has 0 saturated heterocycles. The molecule has 0 radical (unpaired) electrons. The predicted octanol–water partition coefficient (Wildman–Crippen LogP) is 4.24. The van der Waals surface area contributed by atoms with Crippen molar-refractivity contribution in [2.24, 2.45) is 0 Å². The van der Waals surface area contributed by atoms with Gasteiger partial charge in [0.15, 0.2) is 0 Å². The highest BCUT2D eigenvalue weighted by atomic mass is 16.3. The van der Waals surface area contributed by atoms with Gasteiger partial charge in [0.1, 0.15) is 0 Å². The van der Waals surface area contributed by atoms with E-state index in [0.29, 0.717) is 5.92 Å². The van der Waals surface area contributed by atoms with Crippen LogP contribution in [0.2, 0.25) is 0 Å². The average Bonchev–Trinajstić information content (AvgIpc) is 2.47. The molecule has 2 nitrogen and oxygen atoms in total. The predicted molar refractivity (Wildman–Crippen MR) is 85.4 cm³/mol. The lowest BCUT2D eigenvalue weighted by molar-refractivity contribution is 0.153. The molecule has 1 heterocycles. The Kier molecular flexibility index (Phi) is 4.07. The van der Waals surface area contributed by atoms with Crippen molar-refractivity contribution in [3.8, 4) is 0 Å². The zero-order valence-electron chi connectivity index (χ0n) is 12.8. The van der Waals surface area contributed by atoms with Gasteiger partial charge in [0.05, 0.1) is 6.10 Å². The SMILES string of the molecule is Cc1ccc(C(O)CC2CCCc3ccccc32)c(C)n1. The number of aliphatic hydroxyl groups excluding tert-OH is 1. The summed E-state index contributed by atoms with van der Waals surface area (Å²) in [7, 11) is 0. The van der Waals surface area contributed by atoms with Crippen LogP contribution in [0.4, 0.5) is 0 Å². The van der Waals surface area contributed by atoms with Gasteiger partial charge >= 0.3 is 0 Å². The van der Waals surface area contributed by atoms with E-state index in [0.717, 1.165) is 23.4 Å². The summed E-state index contributed by atoms with van der Waals surface area (Å²) in [5, 5.41) is 10.6. The number of hydrogen-bond donors (Lipinski definition) is 1. The molecule has 0 amide bonds. The van der Waals surface area contributed by atoms with Gasteiger partial charge < -0.3 is 5.11 Å². The highest BCUT2D eigenvalue weighted by molar-refractivity contribution is 5.33. The lowest BCUT2D eigenvalue weighted by atomic mass is 9.79. The second-order valence-electron chi connectivity index (χ2n) is 6.17. The monoisotopic (exact) mass is 281 g/mol. The van der Waals surface area contributed by atoms with E-state index >= 15 is 0 Å². The summed E-state index contributed by atoms with van der Waals surface area (Å²) >= 11 is 0. The van der Waals surface area contributed by atoms with E-state index in [1.54, 1.807) is 0 Å². The number of aliphatic hydroxyl groups is 1. The Balaban J connectivity index is 1.81. The number of benzene rings is 1. The number of hydrogen-bond acceptors (Lipinski definition) is 2. The lowest BCUT2D eigenvalue weighted by Gasteiger charge is -2.27. The average molecular weight is 281 g/mol. The van der Waals surface area contributed by atoms with Crippen LogP contribution in [0, 0.1) is 13.8 Å². The minimum absolute atomic E-state index is 0.422. The van der Waals surface area contributed by atoms with Gasteiger partial charge in [-0.1, -0.05) is 30.3 Å². The maximum absolute atomic E-state index is 10.6. The first kappa shape index (κ1) is 14.3. The summed E-state index contributed by atoms with van der Waals surface area (Å²) in [5.41, 5.74) is 5.82. The Morgan fingerprint density at radius 3 is 2.81 bits per heavy atom. The third-order valence-corrected chi connectivity index (χ3v) is 4.63. The van der Waals surface area contributed by atoms with Gasteiger partial charge in [-0.15, -0.1) is 0 Å². The van der Waals surface area contributed by atoms with Gasteiger partial charge in [0, 0.05) is 17.0 Å². The number of aromatic nitrogens is 1. The first-order valence-corrected chi connectivity index (χ1v) is 7.85. The number of fused-ring (bicyclic) bond motifs is 1. The zero-order chi connectivity index (χ0) is 14.8. The first-order valence-electron chi connectivity index (χ1n) is 7.85. The van der Waals surface area contributed by atoms with Crippen molar-refractivity contribution in [3.05, 3.63) is 64.5 Å². The van der Waals surface area contributed by atoms with Crippen LogP contribution in [-0.2, 0) is 6.42 Å². The molecular formula is C19H23NO. The Bertz CT molecular complexity index is 635. The van der Waals surface area contributed by atoms with E-state index in [-0.39, 0.29) is 0 Å².